The smallest absolute Gasteiger partial charge is 0.230 e. The molecule has 1 aliphatic rings. The number of amides is 2. The maximum absolute atomic E-state index is 12.5. The van der Waals surface area contributed by atoms with Crippen LogP contribution in [0.3, 0.4) is 0 Å². The summed E-state index contributed by atoms with van der Waals surface area (Å²) >= 11 is 0. The van der Waals surface area contributed by atoms with Crippen molar-refractivity contribution in [3.63, 3.8) is 0 Å². The first-order valence-corrected chi connectivity index (χ1v) is 8.70. The van der Waals surface area contributed by atoms with Crippen molar-refractivity contribution >= 4 is 23.3 Å². The Hall–Kier alpha value is -2.69. The van der Waals surface area contributed by atoms with Gasteiger partial charge in [0, 0.05) is 24.8 Å². The van der Waals surface area contributed by atoms with E-state index in [0.717, 1.165) is 24.1 Å². The number of rotatable bonds is 5. The van der Waals surface area contributed by atoms with E-state index in [1.807, 2.05) is 31.2 Å². The number of nitrogens with one attached hydrogen (secondary N) is 1. The van der Waals surface area contributed by atoms with Crippen molar-refractivity contribution < 1.29 is 9.59 Å². The lowest BCUT2D eigenvalue weighted by Gasteiger charge is -2.17. The molecule has 1 unspecified atom stereocenters. The van der Waals surface area contributed by atoms with Gasteiger partial charge in [-0.3, -0.25) is 9.59 Å². The molecule has 5 heteroatoms. The molecular formula is C20H23N3O2. The fraction of sp³-hybridized carbons (Fsp3) is 0.350. The lowest BCUT2D eigenvalue weighted by molar-refractivity contribution is -0.122. The van der Waals surface area contributed by atoms with Crippen LogP contribution in [0.5, 0.6) is 0 Å². The number of pyridine rings is 1. The minimum atomic E-state index is -0.357. The maximum atomic E-state index is 12.5. The summed E-state index contributed by atoms with van der Waals surface area (Å²) in [4.78, 5) is 30.7. The molecule has 2 aromatic rings. The largest absolute Gasteiger partial charge is 0.312 e. The summed E-state index contributed by atoms with van der Waals surface area (Å²) in [6.45, 7) is 4.45. The van der Waals surface area contributed by atoms with Crippen LogP contribution in [0.25, 0.3) is 0 Å². The number of aryl methyl sites for hydroxylation is 2. The molecule has 1 N–H and O–H groups in total. The van der Waals surface area contributed by atoms with Crippen LogP contribution < -0.4 is 10.2 Å². The van der Waals surface area contributed by atoms with E-state index in [4.69, 9.17) is 0 Å². The van der Waals surface area contributed by atoms with E-state index in [1.165, 1.54) is 5.56 Å². The molecule has 1 saturated heterocycles. The van der Waals surface area contributed by atoms with Crippen LogP contribution in [0.15, 0.2) is 42.6 Å². The zero-order valence-electron chi connectivity index (χ0n) is 14.7. The zero-order valence-corrected chi connectivity index (χ0v) is 14.7. The zero-order chi connectivity index (χ0) is 17.8. The number of aromatic nitrogens is 1. The summed E-state index contributed by atoms with van der Waals surface area (Å²) in [7, 11) is 0. The van der Waals surface area contributed by atoms with Gasteiger partial charge in [0.25, 0.3) is 0 Å². The van der Waals surface area contributed by atoms with Crippen molar-refractivity contribution in [3.05, 3.63) is 53.7 Å². The van der Waals surface area contributed by atoms with E-state index in [-0.39, 0.29) is 24.2 Å². The lowest BCUT2D eigenvalue weighted by atomic mass is 10.1. The van der Waals surface area contributed by atoms with Gasteiger partial charge in [-0.25, -0.2) is 4.98 Å². The third-order valence-corrected chi connectivity index (χ3v) is 4.53. The monoisotopic (exact) mass is 337 g/mol. The average molecular weight is 337 g/mol. The Balaban J connectivity index is 1.67. The number of carbonyl (C=O) groups is 2. The summed E-state index contributed by atoms with van der Waals surface area (Å²) in [6.07, 6.45) is 4.00. The van der Waals surface area contributed by atoms with Crippen molar-refractivity contribution in [2.24, 2.45) is 5.92 Å². The summed E-state index contributed by atoms with van der Waals surface area (Å²) in [5.41, 5.74) is 3.02. The highest BCUT2D eigenvalue weighted by Crippen LogP contribution is 2.26. The molecule has 0 radical (unpaired) electrons. The molecule has 3 rings (SSSR count). The van der Waals surface area contributed by atoms with Crippen molar-refractivity contribution in [1.82, 2.24) is 4.98 Å². The number of nitrogens with zero attached hydrogens (tertiary/aromatic N) is 2. The molecule has 1 aromatic carbocycles. The van der Waals surface area contributed by atoms with Gasteiger partial charge in [0.2, 0.25) is 11.8 Å². The molecule has 130 valence electrons. The second kappa shape index (κ2) is 7.47. The van der Waals surface area contributed by atoms with E-state index < -0.39 is 0 Å². The fourth-order valence-corrected chi connectivity index (χ4v) is 3.10. The minimum absolute atomic E-state index is 0.0128. The first-order chi connectivity index (χ1) is 12.1. The Bertz CT molecular complexity index is 771. The third-order valence-electron chi connectivity index (χ3n) is 4.53. The highest BCUT2D eigenvalue weighted by atomic mass is 16.2. The normalized spacial score (nSPS) is 17.0. The molecule has 1 fully saturated rings. The van der Waals surface area contributed by atoms with Crippen LogP contribution >= 0.6 is 0 Å². The number of hydrogen-bond acceptors (Lipinski definition) is 3. The number of hydrogen-bond donors (Lipinski definition) is 1. The second-order valence-electron chi connectivity index (χ2n) is 6.48. The molecule has 25 heavy (non-hydrogen) atoms. The van der Waals surface area contributed by atoms with Crippen LogP contribution in [0, 0.1) is 12.8 Å². The summed E-state index contributed by atoms with van der Waals surface area (Å²) in [6, 6.07) is 11.8. The van der Waals surface area contributed by atoms with Crippen LogP contribution in [0.1, 0.15) is 30.9 Å². The predicted octanol–water partition coefficient (Wildman–Crippen LogP) is 3.33. The van der Waals surface area contributed by atoms with E-state index in [9.17, 15) is 9.59 Å². The van der Waals surface area contributed by atoms with Gasteiger partial charge in [-0.1, -0.05) is 31.5 Å². The summed E-state index contributed by atoms with van der Waals surface area (Å²) < 4.78 is 0. The van der Waals surface area contributed by atoms with Gasteiger partial charge in [0.1, 0.15) is 5.82 Å². The van der Waals surface area contributed by atoms with Crippen molar-refractivity contribution in [3.8, 4) is 0 Å². The van der Waals surface area contributed by atoms with Crippen molar-refractivity contribution in [1.29, 1.82) is 0 Å². The van der Waals surface area contributed by atoms with Crippen LogP contribution in [-0.4, -0.2) is 23.3 Å². The minimum Gasteiger partial charge on any atom is -0.312 e. The summed E-state index contributed by atoms with van der Waals surface area (Å²) in [5, 5.41) is 2.84. The standard InChI is InChI=1S/C20H23N3O2/c1-3-5-15-7-9-17(10-8-15)23-13-16(12-18(23)24)20(25)22-19-14(2)6-4-11-21-19/h4,6-11,16H,3,5,12-13H2,1-2H3,(H,21,22,25). The van der Waals surface area contributed by atoms with Crippen LogP contribution in [-0.2, 0) is 16.0 Å². The van der Waals surface area contributed by atoms with E-state index in [0.29, 0.717) is 12.4 Å². The van der Waals surface area contributed by atoms with Crippen LogP contribution in [0.4, 0.5) is 11.5 Å². The van der Waals surface area contributed by atoms with Crippen molar-refractivity contribution in [2.45, 2.75) is 33.1 Å². The topological polar surface area (TPSA) is 62.3 Å². The fourth-order valence-electron chi connectivity index (χ4n) is 3.10. The Kier molecular flexibility index (Phi) is 5.12. The number of carbonyl (C=O) groups excluding carboxylic acids is 2. The first-order valence-electron chi connectivity index (χ1n) is 8.70. The highest BCUT2D eigenvalue weighted by Gasteiger charge is 2.35. The Morgan fingerprint density at radius 3 is 2.72 bits per heavy atom. The first kappa shape index (κ1) is 17.1. The van der Waals surface area contributed by atoms with Gasteiger partial charge in [-0.2, -0.15) is 0 Å². The van der Waals surface area contributed by atoms with Gasteiger partial charge >= 0.3 is 0 Å². The Morgan fingerprint density at radius 2 is 2.04 bits per heavy atom. The number of benzene rings is 1. The molecule has 5 nitrogen and oxygen atoms in total. The van der Waals surface area contributed by atoms with E-state index in [1.54, 1.807) is 11.1 Å². The summed E-state index contributed by atoms with van der Waals surface area (Å²) in [5.74, 6) is 0.0351. The molecule has 1 aliphatic heterocycles. The van der Waals surface area contributed by atoms with Crippen molar-refractivity contribution in [2.75, 3.05) is 16.8 Å². The third kappa shape index (κ3) is 3.87. The van der Waals surface area contributed by atoms with Gasteiger partial charge in [-0.05, 0) is 42.7 Å². The van der Waals surface area contributed by atoms with E-state index >= 15 is 0 Å². The lowest BCUT2D eigenvalue weighted by Crippen LogP contribution is -2.28. The van der Waals surface area contributed by atoms with Gasteiger partial charge in [-0.15, -0.1) is 0 Å². The molecule has 0 saturated carbocycles. The van der Waals surface area contributed by atoms with E-state index in [2.05, 4.69) is 29.4 Å². The van der Waals surface area contributed by atoms with Gasteiger partial charge in [0.05, 0.1) is 5.92 Å². The Labute approximate surface area is 148 Å². The predicted molar refractivity (Wildman–Crippen MR) is 98.5 cm³/mol. The van der Waals surface area contributed by atoms with Gasteiger partial charge in [0.15, 0.2) is 0 Å². The van der Waals surface area contributed by atoms with Gasteiger partial charge < -0.3 is 10.2 Å². The second-order valence-corrected chi connectivity index (χ2v) is 6.48. The average Bonchev–Trinajstić information content (AvgIpc) is 3.00. The molecule has 0 aliphatic carbocycles. The molecule has 0 bridgehead atoms. The molecule has 1 atom stereocenters. The SMILES string of the molecule is CCCc1ccc(N2CC(C(=O)Nc3ncccc3C)CC2=O)cc1. The molecule has 2 amide bonds. The number of anilines is 2. The highest BCUT2D eigenvalue weighted by molar-refractivity contribution is 6.03. The Morgan fingerprint density at radius 1 is 1.28 bits per heavy atom. The molecule has 0 spiro atoms. The molecule has 2 heterocycles. The maximum Gasteiger partial charge on any atom is 0.230 e. The molecule has 1 aromatic heterocycles. The quantitative estimate of drug-likeness (QED) is 0.910. The van der Waals surface area contributed by atoms with Crippen LogP contribution in [0.2, 0.25) is 0 Å². The molecular weight excluding hydrogens is 314 g/mol.